The predicted octanol–water partition coefficient (Wildman–Crippen LogP) is 5.87. The number of benzene rings is 2. The Labute approximate surface area is 168 Å². The van der Waals surface area contributed by atoms with Crippen LogP contribution in [0.3, 0.4) is 0 Å². The van der Waals surface area contributed by atoms with E-state index >= 15 is 0 Å². The minimum Gasteiger partial charge on any atom is -0.486 e. The van der Waals surface area contributed by atoms with E-state index in [0.717, 1.165) is 29.1 Å². The van der Waals surface area contributed by atoms with E-state index in [-0.39, 0.29) is 12.6 Å². The Morgan fingerprint density at radius 2 is 1.48 bits per heavy atom. The summed E-state index contributed by atoms with van der Waals surface area (Å²) in [6.45, 7) is 3.88. The zero-order valence-corrected chi connectivity index (χ0v) is 16.4. The number of aryl methyl sites for hydroxylation is 2. The number of aliphatic hydroxyl groups excluding tert-OH is 1. The Hall–Kier alpha value is -2.73. The van der Waals surface area contributed by atoms with E-state index in [9.17, 15) is 18.3 Å². The van der Waals surface area contributed by atoms with Crippen molar-refractivity contribution in [2.75, 3.05) is 6.61 Å². The van der Waals surface area contributed by atoms with Crippen LogP contribution >= 0.6 is 0 Å². The summed E-state index contributed by atoms with van der Waals surface area (Å²) in [5.41, 5.74) is 2.24. The van der Waals surface area contributed by atoms with Crippen molar-refractivity contribution in [1.82, 2.24) is 4.57 Å². The molecule has 3 aromatic rings. The Morgan fingerprint density at radius 1 is 0.897 bits per heavy atom. The molecule has 0 aliphatic carbocycles. The summed E-state index contributed by atoms with van der Waals surface area (Å²) in [6.07, 6.45) is -4.34. The molecule has 0 spiro atoms. The number of aliphatic hydroxyl groups is 1. The van der Waals surface area contributed by atoms with Crippen molar-refractivity contribution < 1.29 is 23.0 Å². The van der Waals surface area contributed by atoms with Crippen LogP contribution in [0.4, 0.5) is 13.2 Å². The number of hydrogen-bond donors (Lipinski definition) is 1. The molecule has 2 atom stereocenters. The highest BCUT2D eigenvalue weighted by Gasteiger charge is 2.30. The maximum absolute atomic E-state index is 12.8. The normalized spacial score (nSPS) is 13.9. The molecule has 154 valence electrons. The van der Waals surface area contributed by atoms with Gasteiger partial charge in [-0.25, -0.2) is 0 Å². The number of nitrogens with zero attached hydrogens (tertiary/aromatic N) is 1. The molecule has 1 heterocycles. The number of rotatable bonds is 7. The molecule has 1 N–H and O–H groups in total. The van der Waals surface area contributed by atoms with E-state index in [4.69, 9.17) is 4.74 Å². The SMILES string of the molecule is Cc1ccc(C)n1[C@H](CO)C[C@@H](Oc1ccc(C(F)(F)F)cc1)c1ccccc1. The van der Waals surface area contributed by atoms with Gasteiger partial charge in [0.15, 0.2) is 0 Å². The van der Waals surface area contributed by atoms with Gasteiger partial charge in [0, 0.05) is 17.8 Å². The van der Waals surface area contributed by atoms with Gasteiger partial charge in [0.25, 0.3) is 0 Å². The molecule has 0 fully saturated rings. The molecule has 6 heteroatoms. The average Bonchev–Trinajstić information content (AvgIpc) is 3.04. The molecule has 0 saturated heterocycles. The Kier molecular flexibility index (Phi) is 6.33. The molecule has 1 aromatic heterocycles. The molecule has 0 amide bonds. The zero-order chi connectivity index (χ0) is 21.0. The van der Waals surface area contributed by atoms with E-state index < -0.39 is 17.8 Å². The summed E-state index contributed by atoms with van der Waals surface area (Å²) in [4.78, 5) is 0. The fourth-order valence-electron chi connectivity index (χ4n) is 3.57. The summed E-state index contributed by atoms with van der Waals surface area (Å²) in [6, 6.07) is 18.0. The highest BCUT2D eigenvalue weighted by atomic mass is 19.4. The maximum atomic E-state index is 12.8. The average molecular weight is 403 g/mol. The van der Waals surface area contributed by atoms with Crippen molar-refractivity contribution in [2.24, 2.45) is 0 Å². The molecule has 0 unspecified atom stereocenters. The van der Waals surface area contributed by atoms with E-state index in [2.05, 4.69) is 4.57 Å². The second kappa shape index (κ2) is 8.74. The fraction of sp³-hybridized carbons (Fsp3) is 0.304. The molecule has 29 heavy (non-hydrogen) atoms. The summed E-state index contributed by atoms with van der Waals surface area (Å²) in [5, 5.41) is 10.0. The number of halogens is 3. The molecule has 0 saturated carbocycles. The quantitative estimate of drug-likeness (QED) is 0.536. The topological polar surface area (TPSA) is 34.4 Å². The minimum absolute atomic E-state index is 0.0733. The van der Waals surface area contributed by atoms with Crippen LogP contribution in [0.15, 0.2) is 66.7 Å². The Balaban J connectivity index is 1.87. The molecular weight excluding hydrogens is 379 g/mol. The molecule has 0 aliphatic heterocycles. The highest BCUT2D eigenvalue weighted by Crippen LogP contribution is 2.34. The van der Waals surface area contributed by atoms with Crippen LogP contribution in [0.1, 0.15) is 41.1 Å². The van der Waals surface area contributed by atoms with Crippen molar-refractivity contribution in [3.8, 4) is 5.75 Å². The second-order valence-electron chi connectivity index (χ2n) is 7.10. The number of alkyl halides is 3. The lowest BCUT2D eigenvalue weighted by Crippen LogP contribution is -2.21. The first kappa shape index (κ1) is 21.0. The fourth-order valence-corrected chi connectivity index (χ4v) is 3.57. The second-order valence-corrected chi connectivity index (χ2v) is 7.10. The van der Waals surface area contributed by atoms with Gasteiger partial charge in [-0.3, -0.25) is 0 Å². The van der Waals surface area contributed by atoms with Gasteiger partial charge in [-0.15, -0.1) is 0 Å². The lowest BCUT2D eigenvalue weighted by molar-refractivity contribution is -0.137. The van der Waals surface area contributed by atoms with Gasteiger partial charge in [0.05, 0.1) is 18.2 Å². The summed E-state index contributed by atoms with van der Waals surface area (Å²) < 4.78 is 46.6. The first-order chi connectivity index (χ1) is 13.8. The van der Waals surface area contributed by atoms with Crippen LogP contribution in [0, 0.1) is 13.8 Å². The van der Waals surface area contributed by atoms with E-state index in [1.54, 1.807) is 0 Å². The summed E-state index contributed by atoms with van der Waals surface area (Å²) in [5.74, 6) is 0.351. The van der Waals surface area contributed by atoms with Gasteiger partial charge in [-0.1, -0.05) is 30.3 Å². The monoisotopic (exact) mass is 403 g/mol. The molecule has 0 bridgehead atoms. The third-order valence-electron chi connectivity index (χ3n) is 5.02. The maximum Gasteiger partial charge on any atom is 0.416 e. The van der Waals surface area contributed by atoms with Crippen LogP contribution in [0.5, 0.6) is 5.75 Å². The minimum atomic E-state index is -4.39. The Morgan fingerprint density at radius 3 is 2.00 bits per heavy atom. The van der Waals surface area contributed by atoms with Gasteiger partial charge in [-0.05, 0) is 55.8 Å². The summed E-state index contributed by atoms with van der Waals surface area (Å²) in [7, 11) is 0. The van der Waals surface area contributed by atoms with Gasteiger partial charge in [0.1, 0.15) is 11.9 Å². The largest absolute Gasteiger partial charge is 0.486 e. The smallest absolute Gasteiger partial charge is 0.416 e. The van der Waals surface area contributed by atoms with Gasteiger partial charge >= 0.3 is 6.18 Å². The third kappa shape index (κ3) is 5.01. The Bertz CT molecular complexity index is 898. The van der Waals surface area contributed by atoms with Crippen molar-refractivity contribution in [3.05, 3.63) is 89.2 Å². The lowest BCUT2D eigenvalue weighted by atomic mass is 10.0. The van der Waals surface area contributed by atoms with E-state index in [1.807, 2.05) is 56.3 Å². The summed E-state index contributed by atoms with van der Waals surface area (Å²) >= 11 is 0. The van der Waals surface area contributed by atoms with Gasteiger partial charge in [-0.2, -0.15) is 13.2 Å². The third-order valence-corrected chi connectivity index (χ3v) is 5.02. The number of hydrogen-bond acceptors (Lipinski definition) is 2. The van der Waals surface area contributed by atoms with E-state index in [0.29, 0.717) is 12.2 Å². The van der Waals surface area contributed by atoms with E-state index in [1.165, 1.54) is 12.1 Å². The lowest BCUT2D eigenvalue weighted by Gasteiger charge is -2.27. The molecule has 2 aromatic carbocycles. The standard InChI is InChI=1S/C23H24F3NO2/c1-16-8-9-17(2)27(16)20(15-28)14-22(18-6-4-3-5-7-18)29-21-12-10-19(11-13-21)23(24,25)26/h3-13,20,22,28H,14-15H2,1-2H3/t20-,22+/m0/s1. The molecule has 0 aliphatic rings. The first-order valence-electron chi connectivity index (χ1n) is 9.43. The first-order valence-corrected chi connectivity index (χ1v) is 9.43. The number of aromatic nitrogens is 1. The van der Waals surface area contributed by atoms with Gasteiger partial charge < -0.3 is 14.4 Å². The molecular formula is C23H24F3NO2. The van der Waals surface area contributed by atoms with Gasteiger partial charge in [0.2, 0.25) is 0 Å². The number of ether oxygens (including phenoxy) is 1. The van der Waals surface area contributed by atoms with Crippen LogP contribution in [-0.4, -0.2) is 16.3 Å². The van der Waals surface area contributed by atoms with Crippen molar-refractivity contribution in [2.45, 2.75) is 38.6 Å². The van der Waals surface area contributed by atoms with Crippen molar-refractivity contribution >= 4 is 0 Å². The van der Waals surface area contributed by atoms with Crippen molar-refractivity contribution in [3.63, 3.8) is 0 Å². The van der Waals surface area contributed by atoms with Crippen LogP contribution in [0.25, 0.3) is 0 Å². The van der Waals surface area contributed by atoms with Crippen LogP contribution < -0.4 is 4.74 Å². The highest BCUT2D eigenvalue weighted by molar-refractivity contribution is 5.30. The molecule has 3 nitrogen and oxygen atoms in total. The molecule has 3 rings (SSSR count). The van der Waals surface area contributed by atoms with Crippen molar-refractivity contribution in [1.29, 1.82) is 0 Å². The van der Waals surface area contributed by atoms with Crippen LogP contribution in [-0.2, 0) is 6.18 Å². The molecule has 0 radical (unpaired) electrons. The van der Waals surface area contributed by atoms with Crippen LogP contribution in [0.2, 0.25) is 0 Å². The zero-order valence-electron chi connectivity index (χ0n) is 16.4. The predicted molar refractivity (Wildman–Crippen MR) is 106 cm³/mol.